The first-order valence-corrected chi connectivity index (χ1v) is 8.13. The van der Waals surface area contributed by atoms with Crippen molar-refractivity contribution in [1.82, 2.24) is 15.3 Å². The number of fused-ring (bicyclic) bond motifs is 1. The van der Waals surface area contributed by atoms with Crippen LogP contribution in [0.15, 0.2) is 17.1 Å². The first kappa shape index (κ1) is 18.2. The van der Waals surface area contributed by atoms with Crippen molar-refractivity contribution in [1.29, 1.82) is 0 Å². The van der Waals surface area contributed by atoms with Crippen LogP contribution in [-0.4, -0.2) is 69.6 Å². The fourth-order valence-corrected chi connectivity index (χ4v) is 2.98. The van der Waals surface area contributed by atoms with Gasteiger partial charge in [-0.2, -0.15) is 0 Å². The van der Waals surface area contributed by atoms with E-state index in [-0.39, 0.29) is 36.0 Å². The van der Waals surface area contributed by atoms with E-state index < -0.39 is 28.9 Å². The third-order valence-corrected chi connectivity index (χ3v) is 4.37. The van der Waals surface area contributed by atoms with Crippen LogP contribution in [0.3, 0.4) is 0 Å². The van der Waals surface area contributed by atoms with Crippen LogP contribution in [0.25, 0.3) is 11.0 Å². The van der Waals surface area contributed by atoms with E-state index in [2.05, 4.69) is 15.3 Å². The van der Waals surface area contributed by atoms with E-state index in [4.69, 9.17) is 10.2 Å². The Labute approximate surface area is 147 Å². The molecule has 0 amide bonds. The van der Waals surface area contributed by atoms with Crippen molar-refractivity contribution in [3.05, 3.63) is 33.9 Å². The Morgan fingerprint density at radius 3 is 3.00 bits per heavy atom. The Hall–Kier alpha value is -2.56. The van der Waals surface area contributed by atoms with Crippen LogP contribution in [0.1, 0.15) is 16.8 Å². The Morgan fingerprint density at radius 2 is 2.31 bits per heavy atom. The number of carboxylic acids is 1. The molecule has 3 rings (SSSR count). The molecule has 2 aromatic rings. The minimum atomic E-state index is -1.39. The van der Waals surface area contributed by atoms with Gasteiger partial charge < -0.3 is 30.5 Å². The summed E-state index contributed by atoms with van der Waals surface area (Å²) in [5.74, 6) is -2.03. The molecule has 140 valence electrons. The van der Waals surface area contributed by atoms with Gasteiger partial charge >= 0.3 is 5.97 Å². The molecule has 1 aliphatic heterocycles. The minimum Gasteiger partial charge on any atom is -0.477 e. The number of carboxylic acid groups (broad SMARTS) is 1. The maximum Gasteiger partial charge on any atom is 0.341 e. The number of aliphatic hydroxyl groups excluding tert-OH is 2. The highest BCUT2D eigenvalue weighted by molar-refractivity contribution is 5.91. The number of H-pyrrole nitrogens is 1. The molecule has 1 saturated heterocycles. The first-order chi connectivity index (χ1) is 12.4. The van der Waals surface area contributed by atoms with Crippen LogP contribution in [0.4, 0.5) is 10.2 Å². The zero-order valence-corrected chi connectivity index (χ0v) is 13.8. The minimum absolute atomic E-state index is 0.00142. The molecule has 5 N–H and O–H groups in total. The van der Waals surface area contributed by atoms with Crippen LogP contribution in [0.5, 0.6) is 0 Å². The number of halogens is 1. The number of aromatic nitrogens is 2. The number of anilines is 1. The second-order valence-electron chi connectivity index (χ2n) is 6.20. The summed E-state index contributed by atoms with van der Waals surface area (Å²) < 4.78 is 14.5. The largest absolute Gasteiger partial charge is 0.477 e. The SMILES string of the molecule is O=C(O)c1c[nH]c2nc(N3CCC(NCC(O)CO)C3)c(F)cc2c1=O. The van der Waals surface area contributed by atoms with E-state index in [1.165, 1.54) is 0 Å². The van der Waals surface area contributed by atoms with Gasteiger partial charge in [-0.25, -0.2) is 14.2 Å². The molecule has 26 heavy (non-hydrogen) atoms. The smallest absolute Gasteiger partial charge is 0.341 e. The fourth-order valence-electron chi connectivity index (χ4n) is 2.98. The lowest BCUT2D eigenvalue weighted by atomic mass is 10.2. The Kier molecular flexibility index (Phi) is 5.16. The standard InChI is InChI=1S/C16H19FN4O5/c17-12-3-10-13(24)11(16(25)26)5-19-14(10)20-15(12)21-2-1-8(6-21)18-4-9(23)7-22/h3,5,8-9,18,22-23H,1-2,4,6-7H2,(H,25,26)(H,19,20,24). The van der Waals surface area contributed by atoms with Gasteiger partial charge in [-0.05, 0) is 12.5 Å². The normalized spacial score (nSPS) is 18.4. The van der Waals surface area contributed by atoms with Crippen LogP contribution in [-0.2, 0) is 0 Å². The average molecular weight is 366 g/mol. The van der Waals surface area contributed by atoms with Gasteiger partial charge in [0.25, 0.3) is 0 Å². The summed E-state index contributed by atoms with van der Waals surface area (Å²) in [7, 11) is 0. The first-order valence-electron chi connectivity index (χ1n) is 8.13. The maximum absolute atomic E-state index is 14.5. The summed E-state index contributed by atoms with van der Waals surface area (Å²) >= 11 is 0. The summed E-state index contributed by atoms with van der Waals surface area (Å²) in [6.07, 6.45) is 0.894. The van der Waals surface area contributed by atoms with E-state index in [0.29, 0.717) is 19.5 Å². The zero-order valence-electron chi connectivity index (χ0n) is 13.8. The molecule has 0 aromatic carbocycles. The van der Waals surface area contributed by atoms with Crippen LogP contribution in [0.2, 0.25) is 0 Å². The van der Waals surface area contributed by atoms with Gasteiger partial charge in [-0.3, -0.25) is 4.79 Å². The Bertz CT molecular complexity index is 887. The van der Waals surface area contributed by atoms with Crippen molar-refractivity contribution < 1.29 is 24.5 Å². The predicted octanol–water partition coefficient (Wildman–Crippen LogP) is -0.718. The molecule has 2 aromatic heterocycles. The zero-order chi connectivity index (χ0) is 18.8. The van der Waals surface area contributed by atoms with Crippen molar-refractivity contribution >= 4 is 22.8 Å². The van der Waals surface area contributed by atoms with E-state index in [1.54, 1.807) is 4.90 Å². The monoisotopic (exact) mass is 366 g/mol. The third-order valence-electron chi connectivity index (χ3n) is 4.37. The quantitative estimate of drug-likeness (QED) is 0.452. The Balaban J connectivity index is 1.83. The number of rotatable bonds is 6. The van der Waals surface area contributed by atoms with Gasteiger partial charge in [0.1, 0.15) is 11.2 Å². The number of hydrogen-bond donors (Lipinski definition) is 5. The van der Waals surface area contributed by atoms with E-state index in [0.717, 1.165) is 12.3 Å². The molecular formula is C16H19FN4O5. The number of aliphatic hydroxyl groups is 2. The lowest BCUT2D eigenvalue weighted by Crippen LogP contribution is -2.39. The lowest BCUT2D eigenvalue weighted by Gasteiger charge is -2.19. The molecule has 0 saturated carbocycles. The molecular weight excluding hydrogens is 347 g/mol. The average Bonchev–Trinajstić information content (AvgIpc) is 3.08. The topological polar surface area (TPSA) is 139 Å². The highest BCUT2D eigenvalue weighted by Gasteiger charge is 2.26. The van der Waals surface area contributed by atoms with E-state index in [9.17, 15) is 19.1 Å². The van der Waals surface area contributed by atoms with Gasteiger partial charge in [0.05, 0.1) is 18.1 Å². The number of pyridine rings is 2. The molecule has 3 heterocycles. The number of aromatic amines is 1. The van der Waals surface area contributed by atoms with Crippen LogP contribution in [0, 0.1) is 5.82 Å². The molecule has 0 aliphatic carbocycles. The second kappa shape index (κ2) is 7.36. The molecule has 0 bridgehead atoms. The molecule has 0 radical (unpaired) electrons. The van der Waals surface area contributed by atoms with Gasteiger partial charge in [0.2, 0.25) is 5.43 Å². The summed E-state index contributed by atoms with van der Waals surface area (Å²) in [4.78, 5) is 31.6. The molecule has 1 aliphatic rings. The lowest BCUT2D eigenvalue weighted by molar-refractivity contribution is 0.0695. The molecule has 1 fully saturated rings. The molecule has 2 unspecified atom stereocenters. The van der Waals surface area contributed by atoms with Crippen molar-refractivity contribution in [2.75, 3.05) is 31.1 Å². The fraction of sp³-hybridized carbons (Fsp3) is 0.438. The van der Waals surface area contributed by atoms with Gasteiger partial charge in [0, 0.05) is 31.9 Å². The number of carbonyl (C=O) groups is 1. The van der Waals surface area contributed by atoms with E-state index >= 15 is 0 Å². The van der Waals surface area contributed by atoms with Crippen LogP contribution >= 0.6 is 0 Å². The second-order valence-corrected chi connectivity index (χ2v) is 6.20. The predicted molar refractivity (Wildman–Crippen MR) is 91.0 cm³/mol. The molecule has 0 spiro atoms. The van der Waals surface area contributed by atoms with Gasteiger partial charge in [0.15, 0.2) is 11.6 Å². The third kappa shape index (κ3) is 3.52. The Morgan fingerprint density at radius 1 is 1.54 bits per heavy atom. The highest BCUT2D eigenvalue weighted by Crippen LogP contribution is 2.24. The number of nitrogens with zero attached hydrogens (tertiary/aromatic N) is 2. The number of hydrogen-bond acceptors (Lipinski definition) is 7. The van der Waals surface area contributed by atoms with Gasteiger partial charge in [-0.1, -0.05) is 0 Å². The van der Waals surface area contributed by atoms with Crippen molar-refractivity contribution in [2.24, 2.45) is 0 Å². The van der Waals surface area contributed by atoms with Crippen molar-refractivity contribution in [3.8, 4) is 0 Å². The van der Waals surface area contributed by atoms with Gasteiger partial charge in [-0.15, -0.1) is 0 Å². The number of aromatic carboxylic acids is 1. The summed E-state index contributed by atoms with van der Waals surface area (Å²) in [5, 5.41) is 30.2. The number of nitrogens with one attached hydrogen (secondary N) is 2. The van der Waals surface area contributed by atoms with Crippen LogP contribution < -0.4 is 15.6 Å². The summed E-state index contributed by atoms with van der Waals surface area (Å²) in [6, 6.07) is 1.00. The summed E-state index contributed by atoms with van der Waals surface area (Å²) in [5.41, 5.74) is -1.15. The molecule has 10 heteroatoms. The van der Waals surface area contributed by atoms with Crippen molar-refractivity contribution in [2.45, 2.75) is 18.6 Å². The van der Waals surface area contributed by atoms with E-state index in [1.807, 2.05) is 0 Å². The van der Waals surface area contributed by atoms with Crippen molar-refractivity contribution in [3.63, 3.8) is 0 Å². The maximum atomic E-state index is 14.5. The molecule has 2 atom stereocenters. The molecule has 9 nitrogen and oxygen atoms in total. The summed E-state index contributed by atoms with van der Waals surface area (Å²) in [6.45, 7) is 0.870. The highest BCUT2D eigenvalue weighted by atomic mass is 19.1.